The third-order valence-corrected chi connectivity index (χ3v) is 2.29. The van der Waals surface area contributed by atoms with Crippen LogP contribution in [0.3, 0.4) is 0 Å². The van der Waals surface area contributed by atoms with Gasteiger partial charge >= 0.3 is 34.8 Å². The van der Waals surface area contributed by atoms with E-state index in [-0.39, 0.29) is 29.6 Å². The maximum atomic E-state index is 12.8. The third kappa shape index (κ3) is 2.74. The Labute approximate surface area is 102 Å². The van der Waals surface area contributed by atoms with Crippen molar-refractivity contribution >= 4 is 10.1 Å². The van der Waals surface area contributed by atoms with E-state index in [2.05, 4.69) is 0 Å². The molecule has 0 aromatic heterocycles. The SMILES string of the molecule is O=S(=O)([O-])C(F)(F)c1ccccc1.[Na+]. The first-order valence-corrected chi connectivity index (χ1v) is 4.65. The number of alkyl halides is 2. The molecule has 0 amide bonds. The van der Waals surface area contributed by atoms with Crippen molar-refractivity contribution in [1.29, 1.82) is 0 Å². The average molecular weight is 230 g/mol. The van der Waals surface area contributed by atoms with Crippen molar-refractivity contribution in [2.45, 2.75) is 5.25 Å². The Bertz CT molecular complexity index is 391. The summed E-state index contributed by atoms with van der Waals surface area (Å²) >= 11 is 0. The molecule has 0 aliphatic heterocycles. The van der Waals surface area contributed by atoms with Crippen LogP contribution in [0.1, 0.15) is 5.56 Å². The van der Waals surface area contributed by atoms with Gasteiger partial charge in [-0.25, -0.2) is 8.42 Å². The van der Waals surface area contributed by atoms with Gasteiger partial charge in [-0.15, -0.1) is 0 Å². The van der Waals surface area contributed by atoms with Gasteiger partial charge in [0.25, 0.3) is 0 Å². The smallest absolute Gasteiger partial charge is 0.743 e. The maximum absolute atomic E-state index is 12.8. The van der Waals surface area contributed by atoms with E-state index in [4.69, 9.17) is 0 Å². The van der Waals surface area contributed by atoms with Gasteiger partial charge in [0.2, 0.25) is 0 Å². The van der Waals surface area contributed by atoms with Crippen molar-refractivity contribution in [3.8, 4) is 0 Å². The van der Waals surface area contributed by atoms with E-state index in [1.165, 1.54) is 18.2 Å². The van der Waals surface area contributed by atoms with E-state index >= 15 is 0 Å². The van der Waals surface area contributed by atoms with Crippen molar-refractivity contribution in [3.63, 3.8) is 0 Å². The van der Waals surface area contributed by atoms with Crippen molar-refractivity contribution < 1.29 is 51.3 Å². The topological polar surface area (TPSA) is 57.2 Å². The molecule has 0 atom stereocenters. The summed E-state index contributed by atoms with van der Waals surface area (Å²) in [7, 11) is -5.64. The molecule has 0 aliphatic rings. The maximum Gasteiger partial charge on any atom is 1.00 e. The molecular weight excluding hydrogens is 225 g/mol. The van der Waals surface area contributed by atoms with Crippen molar-refractivity contribution in [2.75, 3.05) is 0 Å². The van der Waals surface area contributed by atoms with Gasteiger partial charge in [0.15, 0.2) is 10.1 Å². The fourth-order valence-electron chi connectivity index (χ4n) is 0.777. The minimum absolute atomic E-state index is 0. The Hall–Kier alpha value is -0.0100. The molecule has 0 heterocycles. The van der Waals surface area contributed by atoms with Gasteiger partial charge < -0.3 is 4.55 Å². The van der Waals surface area contributed by atoms with Gasteiger partial charge in [0, 0.05) is 5.56 Å². The molecule has 0 aliphatic carbocycles. The molecule has 1 rings (SSSR count). The zero-order valence-corrected chi connectivity index (χ0v) is 10.1. The second-order valence-electron chi connectivity index (χ2n) is 2.34. The molecule has 0 bridgehead atoms. The second-order valence-corrected chi connectivity index (χ2v) is 3.76. The van der Waals surface area contributed by atoms with E-state index in [9.17, 15) is 21.8 Å². The fourth-order valence-corrected chi connectivity index (χ4v) is 1.20. The van der Waals surface area contributed by atoms with Crippen LogP contribution in [0.25, 0.3) is 0 Å². The first-order chi connectivity index (χ1) is 5.86. The van der Waals surface area contributed by atoms with Crippen molar-refractivity contribution in [1.82, 2.24) is 0 Å². The molecule has 0 spiro atoms. The Balaban J connectivity index is 0.00000169. The summed E-state index contributed by atoms with van der Waals surface area (Å²) in [6.45, 7) is 0. The minimum Gasteiger partial charge on any atom is -0.743 e. The van der Waals surface area contributed by atoms with E-state index in [0.29, 0.717) is 0 Å². The normalized spacial score (nSPS) is 11.9. The zero-order chi connectivity index (χ0) is 10.1. The van der Waals surface area contributed by atoms with Gasteiger partial charge in [-0.05, 0) is 0 Å². The van der Waals surface area contributed by atoms with Crippen LogP contribution in [0.5, 0.6) is 0 Å². The molecule has 0 radical (unpaired) electrons. The van der Waals surface area contributed by atoms with Crippen LogP contribution < -0.4 is 29.6 Å². The summed E-state index contributed by atoms with van der Waals surface area (Å²) < 4.78 is 56.0. The summed E-state index contributed by atoms with van der Waals surface area (Å²) in [5.74, 6) is 0. The van der Waals surface area contributed by atoms with Crippen LogP contribution in [0.15, 0.2) is 30.3 Å². The van der Waals surface area contributed by atoms with Gasteiger partial charge in [-0.1, -0.05) is 30.3 Å². The predicted molar refractivity (Wildman–Crippen MR) is 40.0 cm³/mol. The number of hydrogen-bond acceptors (Lipinski definition) is 3. The first kappa shape index (κ1) is 14.0. The molecule has 7 heteroatoms. The number of rotatable bonds is 2. The van der Waals surface area contributed by atoms with Crippen molar-refractivity contribution in [2.24, 2.45) is 0 Å². The molecule has 14 heavy (non-hydrogen) atoms. The van der Waals surface area contributed by atoms with E-state index in [1.807, 2.05) is 0 Å². The zero-order valence-electron chi connectivity index (χ0n) is 7.28. The Kier molecular flexibility index (Phi) is 4.67. The molecule has 3 nitrogen and oxygen atoms in total. The second kappa shape index (κ2) is 4.67. The molecule has 1 aromatic carbocycles. The molecular formula is C7H5F2NaO3S. The molecule has 0 N–H and O–H groups in total. The monoisotopic (exact) mass is 230 g/mol. The van der Waals surface area contributed by atoms with E-state index in [0.717, 1.165) is 12.1 Å². The third-order valence-electron chi connectivity index (χ3n) is 1.42. The Morgan fingerprint density at radius 1 is 1.14 bits per heavy atom. The quantitative estimate of drug-likeness (QED) is 0.449. The summed E-state index contributed by atoms with van der Waals surface area (Å²) in [6, 6.07) is 5.67. The number of hydrogen-bond donors (Lipinski definition) is 0. The standard InChI is InChI=1S/C7H6F2O3S.Na/c8-7(9,13(10,11)12)6-4-2-1-3-5-6;/h1-5H,(H,10,11,12);/q;+1/p-1. The molecule has 0 saturated carbocycles. The van der Waals surface area contributed by atoms with Gasteiger partial charge in [0.1, 0.15) is 0 Å². The van der Waals surface area contributed by atoms with Gasteiger partial charge in [-0.2, -0.15) is 8.78 Å². The molecule has 0 saturated heterocycles. The number of halogens is 2. The van der Waals surface area contributed by atoms with Crippen LogP contribution in [0, 0.1) is 0 Å². The fraction of sp³-hybridized carbons (Fsp3) is 0.143. The van der Waals surface area contributed by atoms with Crippen LogP contribution in [-0.4, -0.2) is 13.0 Å². The summed E-state index contributed by atoms with van der Waals surface area (Å²) in [4.78, 5) is 0. The van der Waals surface area contributed by atoms with Crippen molar-refractivity contribution in [3.05, 3.63) is 35.9 Å². The molecule has 1 aromatic rings. The van der Waals surface area contributed by atoms with Gasteiger partial charge in [0.05, 0.1) is 0 Å². The van der Waals surface area contributed by atoms with Crippen LogP contribution in [0.4, 0.5) is 8.78 Å². The van der Waals surface area contributed by atoms with Crippen LogP contribution in [0.2, 0.25) is 0 Å². The minimum atomic E-state index is -5.64. The van der Waals surface area contributed by atoms with E-state index < -0.39 is 20.9 Å². The summed E-state index contributed by atoms with van der Waals surface area (Å²) in [5.41, 5.74) is -0.815. The first-order valence-electron chi connectivity index (χ1n) is 3.24. The van der Waals surface area contributed by atoms with Crippen LogP contribution in [-0.2, 0) is 15.4 Å². The largest absolute Gasteiger partial charge is 1.00 e. The summed E-state index contributed by atoms with van der Waals surface area (Å²) in [5, 5.41) is -4.35. The Morgan fingerprint density at radius 3 is 1.93 bits per heavy atom. The molecule has 72 valence electrons. The summed E-state index contributed by atoms with van der Waals surface area (Å²) in [6.07, 6.45) is 0. The van der Waals surface area contributed by atoms with Gasteiger partial charge in [-0.3, -0.25) is 0 Å². The average Bonchev–Trinajstić information content (AvgIpc) is 2.04. The number of benzene rings is 1. The van der Waals surface area contributed by atoms with E-state index in [1.54, 1.807) is 0 Å². The van der Waals surface area contributed by atoms with Crippen LogP contribution >= 0.6 is 0 Å². The molecule has 0 unspecified atom stereocenters. The molecule has 0 fully saturated rings. The predicted octanol–water partition coefficient (Wildman–Crippen LogP) is -1.71. The Morgan fingerprint density at radius 2 is 1.57 bits per heavy atom.